The van der Waals surface area contributed by atoms with Gasteiger partial charge in [-0.1, -0.05) is 0 Å². The van der Waals surface area contributed by atoms with Crippen molar-refractivity contribution >= 4 is 46.4 Å². The SMILES string of the molecule is [B]c1nc([B])n(-c2nc3c(c(C(N)=O)n2)CCC3)c1[B]. The number of hydrogen-bond acceptors (Lipinski definition) is 4. The van der Waals surface area contributed by atoms with Crippen molar-refractivity contribution in [2.75, 3.05) is 0 Å². The van der Waals surface area contributed by atoms with E-state index in [0.29, 0.717) is 0 Å². The maximum atomic E-state index is 11.5. The lowest BCUT2D eigenvalue weighted by Gasteiger charge is -2.11. The first-order valence-electron chi connectivity index (χ1n) is 6.08. The molecule has 0 saturated carbocycles. The lowest BCUT2D eigenvalue weighted by molar-refractivity contribution is 0.0994. The van der Waals surface area contributed by atoms with Crippen LogP contribution in [0.25, 0.3) is 5.95 Å². The number of carbonyl (C=O) groups excluding carboxylic acids is 1. The minimum atomic E-state index is -0.600. The van der Waals surface area contributed by atoms with Gasteiger partial charge in [0.05, 0.1) is 5.72 Å². The third-order valence-corrected chi connectivity index (χ3v) is 3.32. The van der Waals surface area contributed by atoms with Gasteiger partial charge in [-0.3, -0.25) is 14.3 Å². The van der Waals surface area contributed by atoms with Crippen LogP contribution in [-0.2, 0) is 12.8 Å². The first-order chi connectivity index (χ1) is 9.49. The van der Waals surface area contributed by atoms with Crippen molar-refractivity contribution in [3.63, 3.8) is 0 Å². The normalized spacial score (nSPS) is 13.4. The fourth-order valence-electron chi connectivity index (χ4n) is 2.40. The van der Waals surface area contributed by atoms with Gasteiger partial charge >= 0.3 is 0 Å². The van der Waals surface area contributed by atoms with E-state index in [1.165, 1.54) is 4.57 Å². The Bertz CT molecular complexity index is 727. The molecule has 6 nitrogen and oxygen atoms in total. The summed E-state index contributed by atoms with van der Waals surface area (Å²) in [5, 5.41) is 0. The summed E-state index contributed by atoms with van der Waals surface area (Å²) in [6.45, 7) is 0. The lowest BCUT2D eigenvalue weighted by Crippen LogP contribution is -2.33. The molecule has 0 unspecified atom stereocenters. The summed E-state index contributed by atoms with van der Waals surface area (Å²) in [5.41, 5.74) is 7.45. The van der Waals surface area contributed by atoms with Crippen LogP contribution in [0.5, 0.6) is 0 Å². The number of rotatable bonds is 2. The van der Waals surface area contributed by atoms with Gasteiger partial charge in [0.15, 0.2) is 7.85 Å². The lowest BCUT2D eigenvalue weighted by atomic mass is 9.91. The van der Waals surface area contributed by atoms with E-state index in [1.807, 2.05) is 0 Å². The van der Waals surface area contributed by atoms with E-state index in [-0.39, 0.29) is 28.6 Å². The predicted molar refractivity (Wildman–Crippen MR) is 75.9 cm³/mol. The standard InChI is InChI=1S/C11H8B3N5O/c12-7-8(13)19(10(14)18-7)11-16-5-3-1-2-4(5)6(17-11)9(15)20/h1-3H2,(H2,15,20). The van der Waals surface area contributed by atoms with E-state index >= 15 is 0 Å². The number of primary amides is 1. The molecule has 1 amide bonds. The van der Waals surface area contributed by atoms with Gasteiger partial charge in [0, 0.05) is 11.3 Å². The van der Waals surface area contributed by atoms with Crippen molar-refractivity contribution in [1.29, 1.82) is 0 Å². The molecule has 3 rings (SSSR count). The van der Waals surface area contributed by atoms with E-state index in [2.05, 4.69) is 15.0 Å². The highest BCUT2D eigenvalue weighted by atomic mass is 16.1. The monoisotopic (exact) mass is 259 g/mol. The van der Waals surface area contributed by atoms with Crippen LogP contribution < -0.4 is 22.6 Å². The number of imidazole rings is 1. The average molecular weight is 259 g/mol. The summed E-state index contributed by atoms with van der Waals surface area (Å²) in [6, 6.07) is 0. The number of nitrogens with two attached hydrogens (primary N) is 1. The van der Waals surface area contributed by atoms with Gasteiger partial charge in [-0.25, -0.2) is 9.97 Å². The van der Waals surface area contributed by atoms with Crippen molar-refractivity contribution in [3.8, 4) is 5.95 Å². The molecule has 6 radical (unpaired) electrons. The molecule has 92 valence electrons. The Morgan fingerprint density at radius 1 is 1.15 bits per heavy atom. The van der Waals surface area contributed by atoms with Crippen molar-refractivity contribution in [1.82, 2.24) is 19.5 Å². The quantitative estimate of drug-likeness (QED) is 0.570. The van der Waals surface area contributed by atoms with E-state index in [0.717, 1.165) is 30.5 Å². The molecule has 9 heteroatoms. The number of nitrogens with zero attached hydrogens (tertiary/aromatic N) is 4. The van der Waals surface area contributed by atoms with Crippen LogP contribution in [0.2, 0.25) is 0 Å². The summed E-state index contributed by atoms with van der Waals surface area (Å²) >= 11 is 0. The largest absolute Gasteiger partial charge is 0.364 e. The summed E-state index contributed by atoms with van der Waals surface area (Å²) in [6.07, 6.45) is 2.41. The van der Waals surface area contributed by atoms with Crippen LogP contribution in [0, 0.1) is 0 Å². The zero-order valence-corrected chi connectivity index (χ0v) is 10.6. The summed E-state index contributed by atoms with van der Waals surface area (Å²) in [5.74, 6) is -0.435. The fourth-order valence-corrected chi connectivity index (χ4v) is 2.40. The topological polar surface area (TPSA) is 86.7 Å². The molecule has 1 aliphatic carbocycles. The second-order valence-electron chi connectivity index (χ2n) is 4.59. The number of hydrogen-bond donors (Lipinski definition) is 1. The van der Waals surface area contributed by atoms with Crippen LogP contribution >= 0.6 is 0 Å². The van der Waals surface area contributed by atoms with Crippen LogP contribution in [0.1, 0.15) is 28.2 Å². The Kier molecular flexibility index (Phi) is 2.92. The Labute approximate surface area is 119 Å². The molecule has 2 heterocycles. The van der Waals surface area contributed by atoms with E-state index in [9.17, 15) is 4.79 Å². The van der Waals surface area contributed by atoms with Crippen molar-refractivity contribution in [3.05, 3.63) is 17.0 Å². The molecule has 0 fully saturated rings. The second kappa shape index (κ2) is 4.50. The highest BCUT2D eigenvalue weighted by Crippen LogP contribution is 2.23. The minimum absolute atomic E-state index is 0.0633. The summed E-state index contributed by atoms with van der Waals surface area (Å²) in [4.78, 5) is 24.0. The highest BCUT2D eigenvalue weighted by Gasteiger charge is 2.23. The molecule has 0 saturated heterocycles. The molecule has 0 atom stereocenters. The Hall–Kier alpha value is -2.05. The number of aromatic nitrogens is 4. The van der Waals surface area contributed by atoms with Gasteiger partial charge in [-0.2, -0.15) is 0 Å². The molecule has 20 heavy (non-hydrogen) atoms. The third-order valence-electron chi connectivity index (χ3n) is 3.32. The molecular formula is C11H8B3N5O. The molecular weight excluding hydrogens is 251 g/mol. The van der Waals surface area contributed by atoms with Crippen molar-refractivity contribution in [2.24, 2.45) is 5.73 Å². The minimum Gasteiger partial charge on any atom is -0.364 e. The first kappa shape index (κ1) is 13.0. The molecule has 0 bridgehead atoms. The van der Waals surface area contributed by atoms with Gasteiger partial charge in [-0.05, 0) is 30.4 Å². The van der Waals surface area contributed by atoms with Crippen molar-refractivity contribution in [2.45, 2.75) is 19.3 Å². The second-order valence-corrected chi connectivity index (χ2v) is 4.59. The summed E-state index contributed by atoms with van der Waals surface area (Å²) in [7, 11) is 17.2. The third kappa shape index (κ3) is 1.85. The fraction of sp³-hybridized carbons (Fsp3) is 0.273. The maximum absolute atomic E-state index is 11.5. The number of carbonyl (C=O) groups is 1. The Morgan fingerprint density at radius 3 is 2.50 bits per heavy atom. The zero-order chi connectivity index (χ0) is 14.4. The Morgan fingerprint density at radius 2 is 1.90 bits per heavy atom. The molecule has 0 aliphatic heterocycles. The zero-order valence-electron chi connectivity index (χ0n) is 10.6. The molecule has 2 aromatic rings. The van der Waals surface area contributed by atoms with Gasteiger partial charge in [0.2, 0.25) is 5.95 Å². The van der Waals surface area contributed by atoms with Crippen LogP contribution in [0.15, 0.2) is 0 Å². The molecule has 1 aliphatic rings. The van der Waals surface area contributed by atoms with E-state index < -0.39 is 5.91 Å². The maximum Gasteiger partial charge on any atom is 0.267 e. The smallest absolute Gasteiger partial charge is 0.267 e. The molecule has 2 aromatic heterocycles. The Balaban J connectivity index is 2.25. The van der Waals surface area contributed by atoms with Crippen LogP contribution in [0.3, 0.4) is 0 Å². The van der Waals surface area contributed by atoms with E-state index in [4.69, 9.17) is 29.3 Å². The first-order valence-corrected chi connectivity index (χ1v) is 6.08. The van der Waals surface area contributed by atoms with E-state index in [1.54, 1.807) is 0 Å². The summed E-state index contributed by atoms with van der Waals surface area (Å²) < 4.78 is 1.31. The van der Waals surface area contributed by atoms with Gasteiger partial charge in [0.25, 0.3) is 5.91 Å². The van der Waals surface area contributed by atoms with Gasteiger partial charge in [0.1, 0.15) is 21.4 Å². The predicted octanol–water partition coefficient (Wildman–Crippen LogP) is -3.37. The van der Waals surface area contributed by atoms with Gasteiger partial charge in [-0.15, -0.1) is 0 Å². The molecule has 2 N–H and O–H groups in total. The van der Waals surface area contributed by atoms with Crippen LogP contribution in [0.4, 0.5) is 0 Å². The molecule has 0 spiro atoms. The highest BCUT2D eigenvalue weighted by molar-refractivity contribution is 6.48. The number of fused-ring (bicyclic) bond motifs is 1. The number of amides is 1. The van der Waals surface area contributed by atoms with Crippen molar-refractivity contribution < 1.29 is 4.79 Å². The van der Waals surface area contributed by atoms with Gasteiger partial charge < -0.3 is 5.73 Å². The number of aryl methyl sites for hydroxylation is 1. The van der Waals surface area contributed by atoms with Crippen LogP contribution in [-0.4, -0.2) is 49.0 Å². The average Bonchev–Trinajstić information content (AvgIpc) is 2.94. The molecule has 0 aromatic carbocycles.